The van der Waals surface area contributed by atoms with Crippen LogP contribution in [0.1, 0.15) is 43.0 Å². The molecule has 2 aromatic heterocycles. The predicted molar refractivity (Wildman–Crippen MR) is 127 cm³/mol. The summed E-state index contributed by atoms with van der Waals surface area (Å²) in [5.74, 6) is 0.0476. The van der Waals surface area contributed by atoms with E-state index in [4.69, 9.17) is 4.74 Å². The average molecular weight is 489 g/mol. The minimum Gasteiger partial charge on any atom is -0.471 e. The number of piperidine rings is 1. The summed E-state index contributed by atoms with van der Waals surface area (Å²) in [7, 11) is 2.11. The van der Waals surface area contributed by atoms with Gasteiger partial charge in [0.25, 0.3) is 12.3 Å². The van der Waals surface area contributed by atoms with E-state index in [2.05, 4.69) is 37.6 Å². The molecule has 2 aliphatic rings. The maximum atomic E-state index is 13.5. The molecule has 0 spiro atoms. The van der Waals surface area contributed by atoms with Gasteiger partial charge < -0.3 is 25.2 Å². The Morgan fingerprint density at radius 1 is 1.26 bits per heavy atom. The van der Waals surface area contributed by atoms with Crippen molar-refractivity contribution >= 4 is 23.4 Å². The highest BCUT2D eigenvalue weighted by molar-refractivity contribution is 5.88. The number of aryl methyl sites for hydroxylation is 1. The SMILES string of the molecule is Cc1nn(C2CCN(C)CC2)cc1Nc1ncc(C(F)F)c(NCCCN2C=COC=CC2=O)n1. The molecule has 2 aliphatic heterocycles. The zero-order chi connectivity index (χ0) is 24.8. The van der Waals surface area contributed by atoms with E-state index in [1.807, 2.05) is 17.8 Å². The number of anilines is 3. The van der Waals surface area contributed by atoms with Gasteiger partial charge in [-0.1, -0.05) is 0 Å². The smallest absolute Gasteiger partial charge is 0.268 e. The first kappa shape index (κ1) is 24.6. The van der Waals surface area contributed by atoms with E-state index in [0.717, 1.165) is 43.5 Å². The fourth-order valence-corrected chi connectivity index (χ4v) is 3.99. The highest BCUT2D eigenvalue weighted by Gasteiger charge is 2.21. The van der Waals surface area contributed by atoms with Crippen molar-refractivity contribution in [1.82, 2.24) is 29.5 Å². The first-order valence-corrected chi connectivity index (χ1v) is 11.6. The second-order valence-corrected chi connectivity index (χ2v) is 8.60. The van der Waals surface area contributed by atoms with Gasteiger partial charge in [0.2, 0.25) is 5.95 Å². The van der Waals surface area contributed by atoms with Gasteiger partial charge in [-0.2, -0.15) is 10.1 Å². The maximum Gasteiger partial charge on any atom is 0.268 e. The molecule has 0 aromatic carbocycles. The fourth-order valence-electron chi connectivity index (χ4n) is 3.99. The Labute approximate surface area is 202 Å². The molecule has 1 amide bonds. The molecule has 35 heavy (non-hydrogen) atoms. The monoisotopic (exact) mass is 488 g/mol. The first-order chi connectivity index (χ1) is 16.9. The second-order valence-electron chi connectivity index (χ2n) is 8.60. The van der Waals surface area contributed by atoms with E-state index in [-0.39, 0.29) is 23.2 Å². The van der Waals surface area contributed by atoms with Gasteiger partial charge in [0.15, 0.2) is 0 Å². The zero-order valence-electron chi connectivity index (χ0n) is 19.8. The summed E-state index contributed by atoms with van der Waals surface area (Å²) in [5.41, 5.74) is 1.24. The van der Waals surface area contributed by atoms with E-state index < -0.39 is 6.43 Å². The van der Waals surface area contributed by atoms with Crippen molar-refractivity contribution in [2.24, 2.45) is 0 Å². The van der Waals surface area contributed by atoms with E-state index in [9.17, 15) is 13.6 Å². The predicted octanol–water partition coefficient (Wildman–Crippen LogP) is 3.58. The molecule has 1 fully saturated rings. The highest BCUT2D eigenvalue weighted by Crippen LogP contribution is 2.28. The summed E-state index contributed by atoms with van der Waals surface area (Å²) in [6.45, 7) is 4.66. The number of amides is 1. The molecular weight excluding hydrogens is 458 g/mol. The van der Waals surface area contributed by atoms with Crippen molar-refractivity contribution in [1.29, 1.82) is 0 Å². The molecule has 2 N–H and O–H groups in total. The Morgan fingerprint density at radius 3 is 2.83 bits per heavy atom. The number of hydrogen-bond donors (Lipinski definition) is 2. The summed E-state index contributed by atoms with van der Waals surface area (Å²) in [6, 6.07) is 0.327. The number of hydrogen-bond acceptors (Lipinski definition) is 8. The van der Waals surface area contributed by atoms with Crippen LogP contribution in [0.5, 0.6) is 0 Å². The number of likely N-dealkylation sites (tertiary alicyclic amines) is 1. The van der Waals surface area contributed by atoms with Gasteiger partial charge in [-0.05, 0) is 46.3 Å². The van der Waals surface area contributed by atoms with Crippen LogP contribution in [0.3, 0.4) is 0 Å². The molecule has 4 rings (SSSR count). The second kappa shape index (κ2) is 11.3. The van der Waals surface area contributed by atoms with Crippen molar-refractivity contribution in [2.45, 2.75) is 38.7 Å². The summed E-state index contributed by atoms with van der Waals surface area (Å²) >= 11 is 0. The standard InChI is InChI=1S/C23H30F2N8O2/c1-16-19(15-33(30-16)17-4-9-31(2)10-5-17)28-23-27-14-18(21(24)25)22(29-23)26-7-3-8-32-11-13-35-12-6-20(32)34/h6,11-15,17,21H,3-5,7-10H2,1-2H3,(H2,26,27,28,29). The third kappa shape index (κ3) is 6.32. The third-order valence-corrected chi connectivity index (χ3v) is 6.04. The number of nitrogens with zero attached hydrogens (tertiary/aromatic N) is 6. The maximum absolute atomic E-state index is 13.5. The fraction of sp³-hybridized carbons (Fsp3) is 0.478. The molecule has 0 saturated carbocycles. The topological polar surface area (TPSA) is 100 Å². The van der Waals surface area contributed by atoms with Gasteiger partial charge in [0.05, 0.1) is 29.2 Å². The third-order valence-electron chi connectivity index (χ3n) is 6.04. The van der Waals surface area contributed by atoms with Gasteiger partial charge in [0.1, 0.15) is 12.1 Å². The molecule has 0 aliphatic carbocycles. The Morgan fingerprint density at radius 2 is 2.06 bits per heavy atom. The highest BCUT2D eigenvalue weighted by atomic mass is 19.3. The summed E-state index contributed by atoms with van der Waals surface area (Å²) in [5, 5.41) is 10.7. The van der Waals surface area contributed by atoms with Crippen molar-refractivity contribution in [2.75, 3.05) is 43.9 Å². The van der Waals surface area contributed by atoms with Crippen LogP contribution in [0.25, 0.3) is 0 Å². The van der Waals surface area contributed by atoms with Gasteiger partial charge in [0, 0.05) is 37.8 Å². The van der Waals surface area contributed by atoms with E-state index >= 15 is 0 Å². The summed E-state index contributed by atoms with van der Waals surface area (Å²) in [6.07, 6.45) is 8.45. The van der Waals surface area contributed by atoms with E-state index in [1.165, 1.54) is 29.7 Å². The number of rotatable bonds is 9. The van der Waals surface area contributed by atoms with Crippen LogP contribution >= 0.6 is 0 Å². The number of carbonyl (C=O) groups excluding carboxylic acids is 1. The quantitative estimate of drug-likeness (QED) is 0.517. The van der Waals surface area contributed by atoms with Crippen molar-refractivity contribution in [3.05, 3.63) is 48.5 Å². The Balaban J connectivity index is 1.40. The van der Waals surface area contributed by atoms with Crippen LogP contribution in [0, 0.1) is 6.92 Å². The first-order valence-electron chi connectivity index (χ1n) is 11.6. The van der Waals surface area contributed by atoms with Gasteiger partial charge in [-0.3, -0.25) is 9.48 Å². The van der Waals surface area contributed by atoms with Crippen LogP contribution in [-0.2, 0) is 9.53 Å². The Kier molecular flexibility index (Phi) is 7.91. The molecule has 0 radical (unpaired) electrons. The lowest BCUT2D eigenvalue weighted by Gasteiger charge is -2.28. The zero-order valence-corrected chi connectivity index (χ0v) is 19.8. The largest absolute Gasteiger partial charge is 0.471 e. The molecule has 0 bridgehead atoms. The molecule has 10 nitrogen and oxygen atoms in total. The van der Waals surface area contributed by atoms with Gasteiger partial charge in [-0.25, -0.2) is 13.8 Å². The molecule has 0 unspecified atom stereocenters. The molecule has 12 heteroatoms. The van der Waals surface area contributed by atoms with Crippen LogP contribution in [0.4, 0.5) is 26.2 Å². The number of carbonyl (C=O) groups is 1. The lowest BCUT2D eigenvalue weighted by atomic mass is 10.1. The van der Waals surface area contributed by atoms with Crippen molar-refractivity contribution < 1.29 is 18.3 Å². The van der Waals surface area contributed by atoms with Crippen molar-refractivity contribution in [3.63, 3.8) is 0 Å². The number of aromatic nitrogens is 4. The van der Waals surface area contributed by atoms with Crippen molar-refractivity contribution in [3.8, 4) is 0 Å². The van der Waals surface area contributed by atoms with Gasteiger partial charge >= 0.3 is 0 Å². The van der Waals surface area contributed by atoms with Crippen LogP contribution in [-0.4, -0.2) is 68.7 Å². The minimum atomic E-state index is -2.72. The molecule has 1 saturated heterocycles. The summed E-state index contributed by atoms with van der Waals surface area (Å²) < 4.78 is 34.0. The lowest BCUT2D eigenvalue weighted by molar-refractivity contribution is -0.123. The number of nitrogens with one attached hydrogen (secondary N) is 2. The Hall–Kier alpha value is -3.54. The number of alkyl halides is 2. The lowest BCUT2D eigenvalue weighted by Crippen LogP contribution is -2.31. The minimum absolute atomic E-state index is 0.0545. The van der Waals surface area contributed by atoms with Gasteiger partial charge in [-0.15, -0.1) is 0 Å². The molecule has 188 valence electrons. The number of halogens is 2. The summed E-state index contributed by atoms with van der Waals surface area (Å²) in [4.78, 5) is 24.1. The Bertz CT molecular complexity index is 1080. The average Bonchev–Trinajstić information content (AvgIpc) is 3.06. The molecule has 4 heterocycles. The van der Waals surface area contributed by atoms with E-state index in [0.29, 0.717) is 25.6 Å². The van der Waals surface area contributed by atoms with Crippen LogP contribution in [0.15, 0.2) is 37.2 Å². The molecule has 2 aromatic rings. The van der Waals surface area contributed by atoms with E-state index in [1.54, 1.807) is 0 Å². The normalized spacial score (nSPS) is 17.1. The van der Waals surface area contributed by atoms with Crippen LogP contribution in [0.2, 0.25) is 0 Å². The number of ether oxygens (including phenoxy) is 1. The van der Waals surface area contributed by atoms with Crippen LogP contribution < -0.4 is 10.6 Å². The molecule has 0 atom stereocenters. The molecular formula is C23H30F2N8O2.